The molecule has 8 aromatic rings. The Morgan fingerprint density at radius 3 is 1.65 bits per heavy atom. The Balaban J connectivity index is 1.33. The molecular weight excluding hydrogens is 552 g/mol. The summed E-state index contributed by atoms with van der Waals surface area (Å²) in [5.41, 5.74) is 9.01. The largest absolute Gasteiger partial charge is 0.456 e. The molecule has 7 aromatic carbocycles. The van der Waals surface area contributed by atoms with E-state index in [2.05, 4.69) is 155 Å². The van der Waals surface area contributed by atoms with Crippen LogP contribution in [0.4, 0.5) is 0 Å². The van der Waals surface area contributed by atoms with Crippen molar-refractivity contribution < 1.29 is 4.42 Å². The molecule has 0 N–H and O–H groups in total. The van der Waals surface area contributed by atoms with E-state index in [4.69, 9.17) is 4.42 Å². The SMILES string of the molecule is Brc1c2ccccc2c(-c2ccc3oc4cc(-c5ccccc5-c5ccccc5)ccc4c3c2)c2ccccc12. The third kappa shape index (κ3) is 3.61. The molecule has 40 heavy (non-hydrogen) atoms. The van der Waals surface area contributed by atoms with Crippen molar-refractivity contribution in [2.45, 2.75) is 0 Å². The molecule has 0 amide bonds. The van der Waals surface area contributed by atoms with Gasteiger partial charge in [-0.05, 0) is 95.1 Å². The smallest absolute Gasteiger partial charge is 0.136 e. The summed E-state index contributed by atoms with van der Waals surface area (Å²) in [4.78, 5) is 0. The predicted octanol–water partition coefficient (Wildman–Crippen LogP) is 11.7. The number of furan rings is 1. The van der Waals surface area contributed by atoms with E-state index in [9.17, 15) is 0 Å². The molecule has 0 radical (unpaired) electrons. The van der Waals surface area contributed by atoms with Crippen molar-refractivity contribution in [2.24, 2.45) is 0 Å². The lowest BCUT2D eigenvalue weighted by molar-refractivity contribution is 0.669. The number of hydrogen-bond donors (Lipinski definition) is 0. The van der Waals surface area contributed by atoms with Crippen LogP contribution in [0, 0.1) is 0 Å². The minimum atomic E-state index is 0.901. The average molecular weight is 576 g/mol. The molecule has 0 unspecified atom stereocenters. The van der Waals surface area contributed by atoms with Gasteiger partial charge >= 0.3 is 0 Å². The first-order chi connectivity index (χ1) is 19.8. The van der Waals surface area contributed by atoms with Gasteiger partial charge in [0.2, 0.25) is 0 Å². The fraction of sp³-hybridized carbons (Fsp3) is 0. The van der Waals surface area contributed by atoms with Crippen LogP contribution in [-0.2, 0) is 0 Å². The zero-order valence-electron chi connectivity index (χ0n) is 21.6. The maximum atomic E-state index is 6.44. The van der Waals surface area contributed by atoms with E-state index < -0.39 is 0 Å². The lowest BCUT2D eigenvalue weighted by Gasteiger charge is -2.14. The van der Waals surface area contributed by atoms with Gasteiger partial charge in [0, 0.05) is 15.2 Å². The number of halogens is 1. The zero-order chi connectivity index (χ0) is 26.6. The third-order valence-electron chi connectivity index (χ3n) is 7.95. The van der Waals surface area contributed by atoms with Crippen molar-refractivity contribution in [3.8, 4) is 33.4 Å². The summed E-state index contributed by atoms with van der Waals surface area (Å²) in [6.07, 6.45) is 0. The van der Waals surface area contributed by atoms with Crippen molar-refractivity contribution >= 4 is 59.4 Å². The van der Waals surface area contributed by atoms with Crippen LogP contribution in [0.25, 0.3) is 76.9 Å². The highest BCUT2D eigenvalue weighted by molar-refractivity contribution is 9.10. The van der Waals surface area contributed by atoms with E-state index in [-0.39, 0.29) is 0 Å². The Kier molecular flexibility index (Phi) is 5.36. The van der Waals surface area contributed by atoms with Crippen LogP contribution < -0.4 is 0 Å². The minimum Gasteiger partial charge on any atom is -0.456 e. The van der Waals surface area contributed by atoms with Gasteiger partial charge in [-0.1, -0.05) is 115 Å². The summed E-state index contributed by atoms with van der Waals surface area (Å²) in [6.45, 7) is 0. The quantitative estimate of drug-likeness (QED) is 0.191. The molecule has 0 aliphatic heterocycles. The van der Waals surface area contributed by atoms with Gasteiger partial charge in [-0.15, -0.1) is 0 Å². The van der Waals surface area contributed by atoms with Gasteiger partial charge in [-0.3, -0.25) is 0 Å². The van der Waals surface area contributed by atoms with Gasteiger partial charge in [0.1, 0.15) is 11.2 Å². The van der Waals surface area contributed by atoms with E-state index in [1.54, 1.807) is 0 Å². The summed E-state index contributed by atoms with van der Waals surface area (Å²) in [5, 5.41) is 7.17. The molecule has 0 aliphatic carbocycles. The molecule has 8 rings (SSSR count). The van der Waals surface area contributed by atoms with Crippen LogP contribution in [0.3, 0.4) is 0 Å². The summed E-state index contributed by atoms with van der Waals surface area (Å²) in [7, 11) is 0. The van der Waals surface area contributed by atoms with Gasteiger partial charge in [-0.2, -0.15) is 0 Å². The van der Waals surface area contributed by atoms with Crippen LogP contribution in [0.2, 0.25) is 0 Å². The number of benzene rings is 7. The first-order valence-electron chi connectivity index (χ1n) is 13.5. The Morgan fingerprint density at radius 1 is 0.375 bits per heavy atom. The topological polar surface area (TPSA) is 13.1 Å². The molecule has 0 atom stereocenters. The van der Waals surface area contributed by atoms with E-state index >= 15 is 0 Å². The number of fused-ring (bicyclic) bond motifs is 5. The molecule has 1 aromatic heterocycles. The van der Waals surface area contributed by atoms with Gasteiger partial charge in [-0.25, -0.2) is 0 Å². The fourth-order valence-electron chi connectivity index (χ4n) is 6.09. The van der Waals surface area contributed by atoms with Crippen molar-refractivity contribution in [3.05, 3.63) is 144 Å². The van der Waals surface area contributed by atoms with Gasteiger partial charge < -0.3 is 4.42 Å². The second-order valence-electron chi connectivity index (χ2n) is 10.2. The number of hydrogen-bond acceptors (Lipinski definition) is 1. The van der Waals surface area contributed by atoms with Gasteiger partial charge in [0.15, 0.2) is 0 Å². The summed E-state index contributed by atoms with van der Waals surface area (Å²) in [5.74, 6) is 0. The molecule has 1 nitrogen and oxygen atoms in total. The third-order valence-corrected chi connectivity index (χ3v) is 8.80. The Hall–Kier alpha value is -4.66. The van der Waals surface area contributed by atoms with E-state index in [0.29, 0.717) is 0 Å². The monoisotopic (exact) mass is 574 g/mol. The van der Waals surface area contributed by atoms with Crippen LogP contribution in [-0.4, -0.2) is 0 Å². The Bertz CT molecular complexity index is 2170. The summed E-state index contributed by atoms with van der Waals surface area (Å²) in [6, 6.07) is 49.6. The van der Waals surface area contributed by atoms with Crippen molar-refractivity contribution in [3.63, 3.8) is 0 Å². The second kappa shape index (κ2) is 9.22. The molecule has 0 aliphatic rings. The highest BCUT2D eigenvalue weighted by atomic mass is 79.9. The van der Waals surface area contributed by atoms with Gasteiger partial charge in [0.25, 0.3) is 0 Å². The average Bonchev–Trinajstić information content (AvgIpc) is 3.39. The summed E-state index contributed by atoms with van der Waals surface area (Å²) < 4.78 is 7.58. The molecule has 0 fully saturated rings. The highest BCUT2D eigenvalue weighted by Gasteiger charge is 2.16. The van der Waals surface area contributed by atoms with E-state index in [1.165, 1.54) is 49.4 Å². The molecular formula is C38H23BrO. The Labute approximate surface area is 240 Å². The predicted molar refractivity (Wildman–Crippen MR) is 173 cm³/mol. The highest BCUT2D eigenvalue weighted by Crippen LogP contribution is 2.43. The maximum absolute atomic E-state index is 6.44. The van der Waals surface area contributed by atoms with Crippen molar-refractivity contribution in [1.82, 2.24) is 0 Å². The molecule has 0 saturated carbocycles. The van der Waals surface area contributed by atoms with Crippen molar-refractivity contribution in [2.75, 3.05) is 0 Å². The summed E-state index contributed by atoms with van der Waals surface area (Å²) >= 11 is 3.89. The first-order valence-corrected chi connectivity index (χ1v) is 14.3. The first kappa shape index (κ1) is 23.2. The van der Waals surface area contributed by atoms with Crippen LogP contribution in [0.1, 0.15) is 0 Å². The Morgan fingerprint density at radius 2 is 0.950 bits per heavy atom. The molecule has 0 bridgehead atoms. The van der Waals surface area contributed by atoms with Crippen LogP contribution in [0.15, 0.2) is 148 Å². The minimum absolute atomic E-state index is 0.901. The lowest BCUT2D eigenvalue weighted by atomic mass is 9.91. The molecule has 0 saturated heterocycles. The standard InChI is InChI=1S/C38H23BrO/c39-38-32-16-8-6-14-30(32)37(31-15-7-9-17-33(31)38)26-19-21-35-34(22-26)29-20-18-25(23-36(29)40-35)28-13-5-4-12-27(28)24-10-2-1-3-11-24/h1-23H. The maximum Gasteiger partial charge on any atom is 0.136 e. The molecule has 188 valence electrons. The molecule has 0 spiro atoms. The van der Waals surface area contributed by atoms with E-state index in [0.717, 1.165) is 32.0 Å². The number of rotatable bonds is 3. The van der Waals surface area contributed by atoms with Crippen molar-refractivity contribution in [1.29, 1.82) is 0 Å². The second-order valence-corrected chi connectivity index (χ2v) is 11.0. The van der Waals surface area contributed by atoms with E-state index in [1.807, 2.05) is 0 Å². The normalized spacial score (nSPS) is 11.6. The zero-order valence-corrected chi connectivity index (χ0v) is 23.2. The lowest BCUT2D eigenvalue weighted by Crippen LogP contribution is -1.87. The van der Waals surface area contributed by atoms with Crippen LogP contribution >= 0.6 is 15.9 Å². The molecule has 1 heterocycles. The fourth-order valence-corrected chi connectivity index (χ4v) is 6.78. The van der Waals surface area contributed by atoms with Crippen LogP contribution in [0.5, 0.6) is 0 Å². The molecule has 2 heteroatoms. The van der Waals surface area contributed by atoms with Gasteiger partial charge in [0.05, 0.1) is 0 Å².